The lowest BCUT2D eigenvalue weighted by molar-refractivity contribution is 0.242. The summed E-state index contributed by atoms with van der Waals surface area (Å²) in [6, 6.07) is 13.1. The molecule has 0 fully saturated rings. The Labute approximate surface area is 134 Å². The number of rotatable bonds is 4. The third-order valence-electron chi connectivity index (χ3n) is 2.76. The Balaban J connectivity index is 2.30. The molecule has 0 N–H and O–H groups in total. The van der Waals surface area contributed by atoms with Gasteiger partial charge in [-0.25, -0.2) is 0 Å². The molecule has 4 heteroatoms. The van der Waals surface area contributed by atoms with Crippen LogP contribution in [0.3, 0.4) is 0 Å². The zero-order valence-electron chi connectivity index (χ0n) is 11.2. The lowest BCUT2D eigenvalue weighted by Crippen LogP contribution is -2.06. The van der Waals surface area contributed by atoms with Gasteiger partial charge in [0.2, 0.25) is 0 Å². The number of ether oxygens (including phenoxy) is 1. The van der Waals surface area contributed by atoms with Crippen molar-refractivity contribution in [2.75, 3.05) is 0 Å². The minimum atomic E-state index is -0.338. The SMILES string of the molecule is CC(C)Oc1cccc(C(Cl)c2ccc(Cl)cc2Cl)c1. The summed E-state index contributed by atoms with van der Waals surface area (Å²) < 4.78 is 5.68. The first-order chi connectivity index (χ1) is 9.47. The van der Waals surface area contributed by atoms with Gasteiger partial charge in [-0.1, -0.05) is 41.4 Å². The van der Waals surface area contributed by atoms with E-state index < -0.39 is 0 Å². The molecular weight excluding hydrogens is 315 g/mol. The number of alkyl halides is 1. The van der Waals surface area contributed by atoms with Crippen molar-refractivity contribution in [3.63, 3.8) is 0 Å². The number of hydrogen-bond donors (Lipinski definition) is 0. The monoisotopic (exact) mass is 328 g/mol. The van der Waals surface area contributed by atoms with E-state index >= 15 is 0 Å². The van der Waals surface area contributed by atoms with Gasteiger partial charge in [0.05, 0.1) is 11.5 Å². The molecule has 1 unspecified atom stereocenters. The second kappa shape index (κ2) is 6.71. The topological polar surface area (TPSA) is 9.23 Å². The van der Waals surface area contributed by atoms with Crippen molar-refractivity contribution in [3.05, 3.63) is 63.6 Å². The van der Waals surface area contributed by atoms with Gasteiger partial charge in [-0.15, -0.1) is 11.6 Å². The molecule has 0 spiro atoms. The maximum Gasteiger partial charge on any atom is 0.120 e. The summed E-state index contributed by atoms with van der Waals surface area (Å²) in [6.45, 7) is 3.97. The van der Waals surface area contributed by atoms with Crippen LogP contribution in [0.4, 0.5) is 0 Å². The molecule has 20 heavy (non-hydrogen) atoms. The predicted octanol–water partition coefficient (Wildman–Crippen LogP) is 6.11. The van der Waals surface area contributed by atoms with Crippen LogP contribution in [-0.4, -0.2) is 6.10 Å². The standard InChI is InChI=1S/C16H15Cl3O/c1-10(2)20-13-5-3-4-11(8-13)16(19)14-7-6-12(17)9-15(14)18/h3-10,16H,1-2H3. The summed E-state index contributed by atoms with van der Waals surface area (Å²) in [5.41, 5.74) is 1.77. The van der Waals surface area contributed by atoms with Crippen LogP contribution in [0, 0.1) is 0 Å². The zero-order chi connectivity index (χ0) is 14.7. The fourth-order valence-corrected chi connectivity index (χ4v) is 2.80. The lowest BCUT2D eigenvalue weighted by Gasteiger charge is -2.15. The molecule has 0 aromatic heterocycles. The van der Waals surface area contributed by atoms with E-state index in [1.807, 2.05) is 44.2 Å². The minimum absolute atomic E-state index is 0.123. The average molecular weight is 330 g/mol. The highest BCUT2D eigenvalue weighted by molar-refractivity contribution is 6.36. The van der Waals surface area contributed by atoms with Crippen LogP contribution in [0.2, 0.25) is 10.0 Å². The van der Waals surface area contributed by atoms with Crippen molar-refractivity contribution in [1.82, 2.24) is 0 Å². The predicted molar refractivity (Wildman–Crippen MR) is 86.4 cm³/mol. The number of halogens is 3. The lowest BCUT2D eigenvalue weighted by atomic mass is 10.0. The van der Waals surface area contributed by atoms with Gasteiger partial charge in [-0.3, -0.25) is 0 Å². The third-order valence-corrected chi connectivity index (χ3v) is 3.81. The van der Waals surface area contributed by atoms with Crippen LogP contribution in [-0.2, 0) is 0 Å². The molecule has 0 amide bonds. The van der Waals surface area contributed by atoms with Gasteiger partial charge in [0.15, 0.2) is 0 Å². The number of hydrogen-bond acceptors (Lipinski definition) is 1. The quantitative estimate of drug-likeness (QED) is 0.615. The molecule has 2 aromatic carbocycles. The van der Waals surface area contributed by atoms with E-state index in [0.29, 0.717) is 10.0 Å². The summed E-state index contributed by atoms with van der Waals surface area (Å²) in [7, 11) is 0. The van der Waals surface area contributed by atoms with E-state index in [1.165, 1.54) is 0 Å². The molecule has 106 valence electrons. The maximum atomic E-state index is 6.51. The van der Waals surface area contributed by atoms with E-state index in [9.17, 15) is 0 Å². The summed E-state index contributed by atoms with van der Waals surface area (Å²) in [4.78, 5) is 0. The summed E-state index contributed by atoms with van der Waals surface area (Å²) >= 11 is 18.6. The Hall–Kier alpha value is -0.890. The van der Waals surface area contributed by atoms with Crippen LogP contribution < -0.4 is 4.74 Å². The highest BCUT2D eigenvalue weighted by atomic mass is 35.5. The van der Waals surface area contributed by atoms with Crippen molar-refractivity contribution < 1.29 is 4.74 Å². The van der Waals surface area contributed by atoms with Crippen molar-refractivity contribution >= 4 is 34.8 Å². The van der Waals surface area contributed by atoms with Crippen LogP contribution in [0.15, 0.2) is 42.5 Å². The maximum absolute atomic E-state index is 6.51. The summed E-state index contributed by atoms with van der Waals surface area (Å²) in [6.07, 6.45) is 0.123. The fourth-order valence-electron chi connectivity index (χ4n) is 1.90. The Morgan fingerprint density at radius 2 is 1.75 bits per heavy atom. The Morgan fingerprint density at radius 3 is 2.40 bits per heavy atom. The molecule has 0 bridgehead atoms. The zero-order valence-corrected chi connectivity index (χ0v) is 13.5. The second-order valence-electron chi connectivity index (χ2n) is 4.77. The molecule has 2 aromatic rings. The van der Waals surface area contributed by atoms with Gasteiger partial charge in [0, 0.05) is 10.0 Å². The van der Waals surface area contributed by atoms with Gasteiger partial charge in [-0.2, -0.15) is 0 Å². The Morgan fingerprint density at radius 1 is 1.00 bits per heavy atom. The molecule has 2 rings (SSSR count). The Kier molecular flexibility index (Phi) is 5.20. The highest BCUT2D eigenvalue weighted by Crippen LogP contribution is 2.36. The van der Waals surface area contributed by atoms with E-state index in [0.717, 1.165) is 16.9 Å². The van der Waals surface area contributed by atoms with Crippen LogP contribution in [0.25, 0.3) is 0 Å². The summed E-state index contributed by atoms with van der Waals surface area (Å²) in [5, 5.41) is 0.822. The first-order valence-electron chi connectivity index (χ1n) is 6.33. The molecule has 0 aliphatic carbocycles. The molecule has 1 atom stereocenters. The van der Waals surface area contributed by atoms with E-state index in [1.54, 1.807) is 12.1 Å². The van der Waals surface area contributed by atoms with Gasteiger partial charge < -0.3 is 4.74 Å². The molecule has 0 saturated heterocycles. The molecule has 0 aliphatic rings. The Bertz CT molecular complexity index is 596. The molecule has 0 saturated carbocycles. The van der Waals surface area contributed by atoms with E-state index in [-0.39, 0.29) is 11.5 Å². The third kappa shape index (κ3) is 3.82. The van der Waals surface area contributed by atoms with Crippen LogP contribution in [0.1, 0.15) is 30.4 Å². The average Bonchev–Trinajstić information content (AvgIpc) is 2.37. The minimum Gasteiger partial charge on any atom is -0.491 e. The smallest absolute Gasteiger partial charge is 0.120 e. The van der Waals surface area contributed by atoms with Crippen molar-refractivity contribution in [1.29, 1.82) is 0 Å². The fraction of sp³-hybridized carbons (Fsp3) is 0.250. The van der Waals surface area contributed by atoms with Gasteiger partial charge in [-0.05, 0) is 49.2 Å². The second-order valence-corrected chi connectivity index (χ2v) is 6.05. The molecule has 1 nitrogen and oxygen atoms in total. The van der Waals surface area contributed by atoms with Gasteiger partial charge in [0.25, 0.3) is 0 Å². The van der Waals surface area contributed by atoms with E-state index in [4.69, 9.17) is 39.5 Å². The highest BCUT2D eigenvalue weighted by Gasteiger charge is 2.15. The molecule has 0 aliphatic heterocycles. The normalized spacial score (nSPS) is 12.5. The molecular formula is C16H15Cl3O. The molecule has 0 heterocycles. The first kappa shape index (κ1) is 15.5. The molecule has 0 radical (unpaired) electrons. The van der Waals surface area contributed by atoms with Gasteiger partial charge >= 0.3 is 0 Å². The largest absolute Gasteiger partial charge is 0.491 e. The van der Waals surface area contributed by atoms with Crippen LogP contribution >= 0.6 is 34.8 Å². The van der Waals surface area contributed by atoms with Crippen molar-refractivity contribution in [2.24, 2.45) is 0 Å². The van der Waals surface area contributed by atoms with Gasteiger partial charge in [0.1, 0.15) is 5.75 Å². The first-order valence-corrected chi connectivity index (χ1v) is 7.52. The summed E-state index contributed by atoms with van der Waals surface area (Å²) in [5.74, 6) is 0.799. The van der Waals surface area contributed by atoms with Crippen LogP contribution in [0.5, 0.6) is 5.75 Å². The number of benzene rings is 2. The van der Waals surface area contributed by atoms with E-state index in [2.05, 4.69) is 0 Å². The van der Waals surface area contributed by atoms with Crippen molar-refractivity contribution in [3.8, 4) is 5.75 Å². The van der Waals surface area contributed by atoms with Crippen molar-refractivity contribution in [2.45, 2.75) is 25.3 Å².